The Kier molecular flexibility index (Phi) is 3.44. The molecule has 3 rings (SSSR count). The van der Waals surface area contributed by atoms with Gasteiger partial charge in [0.15, 0.2) is 0 Å². The maximum Gasteiger partial charge on any atom is 0.573 e. The fourth-order valence-corrected chi connectivity index (χ4v) is 2.41. The van der Waals surface area contributed by atoms with Gasteiger partial charge in [0, 0.05) is 17.1 Å². The van der Waals surface area contributed by atoms with Gasteiger partial charge in [0.05, 0.1) is 12.6 Å². The molecule has 3 aromatic rings. The molecular formula is C16H12F3NO2. The molecule has 0 unspecified atom stereocenters. The Balaban J connectivity index is 2.15. The molecule has 1 heterocycles. The van der Waals surface area contributed by atoms with Crippen LogP contribution in [0.3, 0.4) is 0 Å². The normalized spacial score (nSPS) is 11.6. The van der Waals surface area contributed by atoms with Gasteiger partial charge in [-0.15, -0.1) is 13.2 Å². The summed E-state index contributed by atoms with van der Waals surface area (Å²) >= 11 is 0. The van der Waals surface area contributed by atoms with Crippen LogP contribution in [0, 0.1) is 0 Å². The molecule has 0 fully saturated rings. The van der Waals surface area contributed by atoms with Crippen LogP contribution in [0.1, 0.15) is 0 Å². The monoisotopic (exact) mass is 307 g/mol. The van der Waals surface area contributed by atoms with E-state index in [-0.39, 0.29) is 5.75 Å². The molecule has 3 nitrogen and oxygen atoms in total. The number of hydrogen-bond donors (Lipinski definition) is 1. The highest BCUT2D eigenvalue weighted by Gasteiger charge is 2.31. The summed E-state index contributed by atoms with van der Waals surface area (Å²) in [7, 11) is 1.52. The maximum absolute atomic E-state index is 12.4. The quantitative estimate of drug-likeness (QED) is 0.758. The molecule has 0 saturated carbocycles. The van der Waals surface area contributed by atoms with E-state index in [4.69, 9.17) is 4.74 Å². The Bertz CT molecular complexity index is 809. The molecular weight excluding hydrogens is 295 g/mol. The Morgan fingerprint density at radius 2 is 1.86 bits per heavy atom. The van der Waals surface area contributed by atoms with Crippen LogP contribution in [0.25, 0.3) is 22.0 Å². The Labute approximate surface area is 124 Å². The van der Waals surface area contributed by atoms with Crippen molar-refractivity contribution in [1.29, 1.82) is 0 Å². The number of aromatic nitrogens is 1. The van der Waals surface area contributed by atoms with Crippen molar-refractivity contribution in [1.82, 2.24) is 4.98 Å². The predicted octanol–water partition coefficient (Wildman–Crippen LogP) is 4.74. The molecule has 0 radical (unpaired) electrons. The van der Waals surface area contributed by atoms with E-state index in [2.05, 4.69) is 9.72 Å². The van der Waals surface area contributed by atoms with Crippen LogP contribution in [0.5, 0.6) is 11.5 Å². The third kappa shape index (κ3) is 2.72. The van der Waals surface area contributed by atoms with Crippen LogP contribution in [0.2, 0.25) is 0 Å². The third-order valence-electron chi connectivity index (χ3n) is 3.27. The fraction of sp³-hybridized carbons (Fsp3) is 0.125. The minimum absolute atomic E-state index is 0.268. The highest BCUT2D eigenvalue weighted by molar-refractivity contribution is 5.97. The molecule has 0 atom stereocenters. The zero-order chi connectivity index (χ0) is 15.7. The summed E-state index contributed by atoms with van der Waals surface area (Å²) in [5, 5.41) is 0.943. The second-order valence-corrected chi connectivity index (χ2v) is 4.66. The first-order chi connectivity index (χ1) is 10.5. The number of aromatic amines is 1. The number of halogens is 3. The van der Waals surface area contributed by atoms with Crippen molar-refractivity contribution in [2.75, 3.05) is 7.11 Å². The average Bonchev–Trinajstić information content (AvgIpc) is 2.92. The van der Waals surface area contributed by atoms with Gasteiger partial charge in [-0.1, -0.05) is 12.1 Å². The Morgan fingerprint density at radius 1 is 1.05 bits per heavy atom. The Hall–Kier alpha value is -2.63. The number of methoxy groups -OCH3 is 1. The summed E-state index contributed by atoms with van der Waals surface area (Å²) < 4.78 is 46.4. The largest absolute Gasteiger partial charge is 0.573 e. The lowest BCUT2D eigenvalue weighted by Crippen LogP contribution is -2.17. The van der Waals surface area contributed by atoms with E-state index in [9.17, 15) is 13.2 Å². The van der Waals surface area contributed by atoms with Crippen LogP contribution in [-0.4, -0.2) is 18.5 Å². The van der Waals surface area contributed by atoms with Gasteiger partial charge >= 0.3 is 6.36 Å². The molecule has 114 valence electrons. The summed E-state index contributed by atoms with van der Waals surface area (Å²) in [5.41, 5.74) is 2.06. The van der Waals surface area contributed by atoms with Gasteiger partial charge in [0.25, 0.3) is 0 Å². The fourth-order valence-electron chi connectivity index (χ4n) is 2.41. The van der Waals surface area contributed by atoms with Crippen LogP contribution in [-0.2, 0) is 0 Å². The lowest BCUT2D eigenvalue weighted by atomic mass is 10.0. The van der Waals surface area contributed by atoms with Crippen molar-refractivity contribution >= 4 is 10.9 Å². The number of rotatable bonds is 3. The van der Waals surface area contributed by atoms with Gasteiger partial charge in [-0.2, -0.15) is 0 Å². The van der Waals surface area contributed by atoms with Crippen LogP contribution in [0.4, 0.5) is 13.2 Å². The van der Waals surface area contributed by atoms with Crippen molar-refractivity contribution in [3.63, 3.8) is 0 Å². The first kappa shape index (κ1) is 14.3. The number of fused-ring (bicyclic) bond motifs is 1. The highest BCUT2D eigenvalue weighted by Crippen LogP contribution is 2.38. The van der Waals surface area contributed by atoms with E-state index >= 15 is 0 Å². The van der Waals surface area contributed by atoms with Crippen molar-refractivity contribution in [2.24, 2.45) is 0 Å². The van der Waals surface area contributed by atoms with Crippen LogP contribution in [0.15, 0.2) is 48.7 Å². The summed E-state index contributed by atoms with van der Waals surface area (Å²) in [5.74, 6) is 0.301. The minimum Gasteiger partial charge on any atom is -0.496 e. The number of hydrogen-bond acceptors (Lipinski definition) is 2. The lowest BCUT2D eigenvalue weighted by Gasteiger charge is -2.13. The van der Waals surface area contributed by atoms with Crippen molar-refractivity contribution in [3.8, 4) is 22.6 Å². The van der Waals surface area contributed by atoms with Gasteiger partial charge in [-0.05, 0) is 35.9 Å². The zero-order valence-electron chi connectivity index (χ0n) is 11.6. The molecule has 2 aromatic carbocycles. The number of alkyl halides is 3. The minimum atomic E-state index is -4.72. The summed E-state index contributed by atoms with van der Waals surface area (Å²) in [6.07, 6.45) is -2.95. The molecule has 0 amide bonds. The number of nitrogens with one attached hydrogen (secondary N) is 1. The van der Waals surface area contributed by atoms with E-state index in [0.717, 1.165) is 10.9 Å². The molecule has 0 saturated heterocycles. The van der Waals surface area contributed by atoms with Gasteiger partial charge in [0.1, 0.15) is 11.5 Å². The predicted molar refractivity (Wildman–Crippen MR) is 77.0 cm³/mol. The first-order valence-corrected chi connectivity index (χ1v) is 6.48. The summed E-state index contributed by atoms with van der Waals surface area (Å²) in [4.78, 5) is 3.09. The number of ether oxygens (including phenoxy) is 2. The van der Waals surface area contributed by atoms with E-state index in [0.29, 0.717) is 16.9 Å². The zero-order valence-corrected chi connectivity index (χ0v) is 11.6. The second kappa shape index (κ2) is 5.29. The molecule has 1 N–H and O–H groups in total. The standard InChI is InChI=1S/C16H12F3NO2/c1-21-13-6-5-10-7-8-20-15(10)14(13)11-3-2-4-12(9-11)22-16(17,18)19/h2-9,20H,1H3. The summed E-state index contributed by atoms with van der Waals surface area (Å²) in [6, 6.07) is 11.4. The van der Waals surface area contributed by atoms with E-state index in [1.165, 1.54) is 25.3 Å². The third-order valence-corrected chi connectivity index (χ3v) is 3.27. The maximum atomic E-state index is 12.4. The van der Waals surface area contributed by atoms with E-state index in [1.807, 2.05) is 12.1 Å². The van der Waals surface area contributed by atoms with Crippen LogP contribution < -0.4 is 9.47 Å². The average molecular weight is 307 g/mol. The van der Waals surface area contributed by atoms with Gasteiger partial charge in [-0.25, -0.2) is 0 Å². The van der Waals surface area contributed by atoms with Crippen LogP contribution >= 0.6 is 0 Å². The smallest absolute Gasteiger partial charge is 0.496 e. The Morgan fingerprint density at radius 3 is 2.59 bits per heavy atom. The molecule has 0 aliphatic rings. The molecule has 22 heavy (non-hydrogen) atoms. The van der Waals surface area contributed by atoms with Gasteiger partial charge < -0.3 is 14.5 Å². The lowest BCUT2D eigenvalue weighted by molar-refractivity contribution is -0.274. The molecule has 0 aliphatic carbocycles. The molecule has 0 aliphatic heterocycles. The SMILES string of the molecule is COc1ccc2cc[nH]c2c1-c1cccc(OC(F)(F)F)c1. The van der Waals surface area contributed by atoms with Crippen molar-refractivity contribution in [2.45, 2.75) is 6.36 Å². The van der Waals surface area contributed by atoms with Gasteiger partial charge in [0.2, 0.25) is 0 Å². The van der Waals surface area contributed by atoms with E-state index in [1.54, 1.807) is 18.3 Å². The van der Waals surface area contributed by atoms with Gasteiger partial charge in [-0.3, -0.25) is 0 Å². The second-order valence-electron chi connectivity index (χ2n) is 4.66. The van der Waals surface area contributed by atoms with Crippen molar-refractivity contribution < 1.29 is 22.6 Å². The van der Waals surface area contributed by atoms with E-state index < -0.39 is 6.36 Å². The molecule has 0 spiro atoms. The first-order valence-electron chi connectivity index (χ1n) is 6.48. The topological polar surface area (TPSA) is 34.2 Å². The van der Waals surface area contributed by atoms with Crippen molar-refractivity contribution in [3.05, 3.63) is 48.7 Å². The number of H-pyrrole nitrogens is 1. The molecule has 1 aromatic heterocycles. The molecule has 0 bridgehead atoms. The highest BCUT2D eigenvalue weighted by atomic mass is 19.4. The summed E-state index contributed by atoms with van der Waals surface area (Å²) in [6.45, 7) is 0. The number of benzene rings is 2. The molecule has 6 heteroatoms.